The number of furan rings is 1. The lowest BCUT2D eigenvalue weighted by Crippen LogP contribution is -2.15. The zero-order valence-corrected chi connectivity index (χ0v) is 19.8. The van der Waals surface area contributed by atoms with Crippen LogP contribution in [0.5, 0.6) is 0 Å². The maximum atomic E-state index is 12.7. The van der Waals surface area contributed by atoms with Crippen molar-refractivity contribution in [3.8, 4) is 17.1 Å². The van der Waals surface area contributed by atoms with Gasteiger partial charge in [-0.15, -0.1) is 10.2 Å². The van der Waals surface area contributed by atoms with Gasteiger partial charge in [-0.05, 0) is 42.5 Å². The lowest BCUT2D eigenvalue weighted by Gasteiger charge is -2.11. The van der Waals surface area contributed by atoms with Gasteiger partial charge in [0.25, 0.3) is 5.91 Å². The molecule has 36 heavy (non-hydrogen) atoms. The number of hydrogen-bond donors (Lipinski definition) is 2. The molecule has 0 aliphatic carbocycles. The molecule has 3 aromatic carbocycles. The molecule has 0 spiro atoms. The molecule has 0 fully saturated rings. The number of hydrogen-bond acceptors (Lipinski definition) is 6. The number of nitrogens with one attached hydrogen (secondary N) is 2. The van der Waals surface area contributed by atoms with Crippen LogP contribution in [0.15, 0.2) is 113 Å². The molecule has 2 amide bonds. The van der Waals surface area contributed by atoms with Gasteiger partial charge in [0.2, 0.25) is 5.91 Å². The Bertz CT molecular complexity index is 1470. The van der Waals surface area contributed by atoms with Gasteiger partial charge in [-0.2, -0.15) is 0 Å². The van der Waals surface area contributed by atoms with E-state index < -0.39 is 0 Å². The number of thioether (sulfide) groups is 1. The van der Waals surface area contributed by atoms with Crippen molar-refractivity contribution in [1.29, 1.82) is 0 Å². The van der Waals surface area contributed by atoms with Crippen LogP contribution in [0.25, 0.3) is 17.1 Å². The van der Waals surface area contributed by atoms with Crippen molar-refractivity contribution in [3.63, 3.8) is 0 Å². The van der Waals surface area contributed by atoms with Gasteiger partial charge in [-0.1, -0.05) is 66.4 Å². The lowest BCUT2D eigenvalue weighted by molar-refractivity contribution is -0.113. The lowest BCUT2D eigenvalue weighted by atomic mass is 10.2. The molecule has 178 valence electrons. The number of para-hydroxylation sites is 1. The number of carbonyl (C=O) groups is 2. The van der Waals surface area contributed by atoms with E-state index in [1.165, 1.54) is 18.0 Å². The third-order valence-electron chi connectivity index (χ3n) is 5.16. The molecule has 2 N–H and O–H groups in total. The van der Waals surface area contributed by atoms with Crippen molar-refractivity contribution in [2.75, 3.05) is 16.4 Å². The molecule has 0 radical (unpaired) electrons. The zero-order chi connectivity index (χ0) is 24.7. The van der Waals surface area contributed by atoms with E-state index in [1.807, 2.05) is 65.2 Å². The molecule has 8 nitrogen and oxygen atoms in total. The first-order valence-electron chi connectivity index (χ1n) is 11.1. The Labute approximate surface area is 211 Å². The Balaban J connectivity index is 1.28. The highest BCUT2D eigenvalue weighted by Gasteiger charge is 2.17. The molecule has 0 unspecified atom stereocenters. The Morgan fingerprint density at radius 3 is 2.25 bits per heavy atom. The van der Waals surface area contributed by atoms with E-state index in [2.05, 4.69) is 20.8 Å². The Kier molecular flexibility index (Phi) is 6.90. The molecule has 0 aliphatic heterocycles. The van der Waals surface area contributed by atoms with Crippen LogP contribution in [0.4, 0.5) is 11.4 Å². The van der Waals surface area contributed by atoms with Crippen molar-refractivity contribution >= 4 is 35.0 Å². The minimum atomic E-state index is -0.367. The fraction of sp³-hybridized carbons (Fsp3) is 0.0370. The average molecular weight is 496 g/mol. The third-order valence-corrected chi connectivity index (χ3v) is 6.09. The van der Waals surface area contributed by atoms with E-state index in [9.17, 15) is 9.59 Å². The molecule has 9 heteroatoms. The average Bonchev–Trinajstić information content (AvgIpc) is 3.59. The summed E-state index contributed by atoms with van der Waals surface area (Å²) in [6.07, 6.45) is 1.44. The third kappa shape index (κ3) is 5.37. The van der Waals surface area contributed by atoms with E-state index in [4.69, 9.17) is 4.42 Å². The van der Waals surface area contributed by atoms with Crippen LogP contribution < -0.4 is 10.6 Å². The van der Waals surface area contributed by atoms with E-state index >= 15 is 0 Å². The normalized spacial score (nSPS) is 10.7. The van der Waals surface area contributed by atoms with Crippen LogP contribution in [0.3, 0.4) is 0 Å². The molecule has 0 bridgehead atoms. The highest BCUT2D eigenvalue weighted by molar-refractivity contribution is 7.99. The first kappa shape index (κ1) is 23.1. The van der Waals surface area contributed by atoms with E-state index in [0.29, 0.717) is 22.4 Å². The predicted octanol–water partition coefficient (Wildman–Crippen LogP) is 5.51. The molecular weight excluding hydrogens is 474 g/mol. The summed E-state index contributed by atoms with van der Waals surface area (Å²) in [5.41, 5.74) is 2.94. The number of aromatic nitrogens is 3. The molecule has 2 aromatic heterocycles. The van der Waals surface area contributed by atoms with Gasteiger partial charge in [0.05, 0.1) is 12.0 Å². The first-order valence-corrected chi connectivity index (χ1v) is 12.1. The number of rotatable bonds is 8. The second-order valence-electron chi connectivity index (χ2n) is 7.69. The number of amides is 2. The van der Waals surface area contributed by atoms with Gasteiger partial charge < -0.3 is 15.1 Å². The fourth-order valence-corrected chi connectivity index (χ4v) is 4.30. The summed E-state index contributed by atoms with van der Waals surface area (Å²) in [5, 5.41) is 15.0. The highest BCUT2D eigenvalue weighted by Crippen LogP contribution is 2.28. The summed E-state index contributed by atoms with van der Waals surface area (Å²) >= 11 is 1.29. The maximum absolute atomic E-state index is 12.7. The Hall–Kier alpha value is -4.63. The van der Waals surface area contributed by atoms with Crippen LogP contribution in [-0.4, -0.2) is 32.3 Å². The summed E-state index contributed by atoms with van der Waals surface area (Å²) in [5.74, 6) is 0.456. The van der Waals surface area contributed by atoms with Gasteiger partial charge in [-0.25, -0.2) is 0 Å². The van der Waals surface area contributed by atoms with E-state index in [1.54, 1.807) is 36.4 Å². The molecule has 2 heterocycles. The smallest absolute Gasteiger partial charge is 0.291 e. The second-order valence-corrected chi connectivity index (χ2v) is 8.63. The molecular formula is C27H21N5O3S. The summed E-state index contributed by atoms with van der Waals surface area (Å²) < 4.78 is 7.05. The quantitative estimate of drug-likeness (QED) is 0.275. The van der Waals surface area contributed by atoms with Crippen molar-refractivity contribution < 1.29 is 14.0 Å². The van der Waals surface area contributed by atoms with Crippen molar-refractivity contribution in [1.82, 2.24) is 14.8 Å². The van der Waals surface area contributed by atoms with E-state index in [0.717, 1.165) is 11.3 Å². The molecule has 5 aromatic rings. The monoisotopic (exact) mass is 495 g/mol. The standard InChI is InChI=1S/C27H21N5O3S/c33-24(28-20-11-7-12-21(17-20)29-26(34)23-15-8-16-35-23)18-36-27-31-30-25(19-9-3-1-4-10-19)32(27)22-13-5-2-6-14-22/h1-17H,18H2,(H,28,33)(H,29,34). The number of nitrogens with zero attached hydrogens (tertiary/aromatic N) is 3. The predicted molar refractivity (Wildman–Crippen MR) is 139 cm³/mol. The molecule has 5 rings (SSSR count). The maximum Gasteiger partial charge on any atom is 0.291 e. The van der Waals surface area contributed by atoms with Crippen molar-refractivity contribution in [2.45, 2.75) is 5.16 Å². The topological polar surface area (TPSA) is 102 Å². The molecule has 0 atom stereocenters. The fourth-order valence-electron chi connectivity index (χ4n) is 3.55. The van der Waals surface area contributed by atoms with Gasteiger partial charge >= 0.3 is 0 Å². The highest BCUT2D eigenvalue weighted by atomic mass is 32.2. The SMILES string of the molecule is O=C(CSc1nnc(-c2ccccc2)n1-c1ccccc1)Nc1cccc(NC(=O)c2ccco2)c1. The van der Waals surface area contributed by atoms with E-state index in [-0.39, 0.29) is 23.3 Å². The van der Waals surface area contributed by atoms with Crippen LogP contribution in [-0.2, 0) is 4.79 Å². The minimum absolute atomic E-state index is 0.128. The van der Waals surface area contributed by atoms with Crippen LogP contribution in [0.1, 0.15) is 10.6 Å². The molecule has 0 saturated carbocycles. The van der Waals surface area contributed by atoms with Gasteiger partial charge in [0.1, 0.15) is 0 Å². The number of benzene rings is 3. The van der Waals surface area contributed by atoms with Crippen LogP contribution in [0, 0.1) is 0 Å². The molecule has 0 saturated heterocycles. The summed E-state index contributed by atoms with van der Waals surface area (Å²) in [6.45, 7) is 0. The van der Waals surface area contributed by atoms with Crippen LogP contribution in [0.2, 0.25) is 0 Å². The molecule has 0 aliphatic rings. The minimum Gasteiger partial charge on any atom is -0.459 e. The largest absolute Gasteiger partial charge is 0.459 e. The van der Waals surface area contributed by atoms with Crippen LogP contribution >= 0.6 is 11.8 Å². The van der Waals surface area contributed by atoms with Gasteiger partial charge in [0.15, 0.2) is 16.7 Å². The summed E-state index contributed by atoms with van der Waals surface area (Å²) in [4.78, 5) is 24.9. The Morgan fingerprint density at radius 2 is 1.53 bits per heavy atom. The number of anilines is 2. The Morgan fingerprint density at radius 1 is 0.806 bits per heavy atom. The zero-order valence-electron chi connectivity index (χ0n) is 19.0. The van der Waals surface area contributed by atoms with Gasteiger partial charge in [0, 0.05) is 22.6 Å². The number of carbonyl (C=O) groups excluding carboxylic acids is 2. The summed E-state index contributed by atoms with van der Waals surface area (Å²) in [6, 6.07) is 29.7. The second kappa shape index (κ2) is 10.7. The summed E-state index contributed by atoms with van der Waals surface area (Å²) in [7, 11) is 0. The van der Waals surface area contributed by atoms with Crippen molar-refractivity contribution in [3.05, 3.63) is 109 Å². The van der Waals surface area contributed by atoms with Crippen molar-refractivity contribution in [2.24, 2.45) is 0 Å². The van der Waals surface area contributed by atoms with Gasteiger partial charge in [-0.3, -0.25) is 14.2 Å². The first-order chi connectivity index (χ1) is 17.7.